The Morgan fingerprint density at radius 3 is 2.58 bits per heavy atom. The molecular weight excluding hydrogens is 415 g/mol. The molecule has 0 spiro atoms. The Balaban J connectivity index is 2.06. The molecule has 142 valence electrons. The molecule has 0 saturated carbocycles. The Hall–Kier alpha value is -1.12. The molecule has 5 nitrogen and oxygen atoms in total. The van der Waals surface area contributed by atoms with Gasteiger partial charge in [-0.2, -0.15) is 0 Å². The summed E-state index contributed by atoms with van der Waals surface area (Å²) in [6, 6.07) is 8.60. The van der Waals surface area contributed by atoms with Crippen molar-refractivity contribution in [2.75, 3.05) is 19.8 Å². The van der Waals surface area contributed by atoms with E-state index in [1.807, 2.05) is 19.1 Å². The molecule has 0 aliphatic heterocycles. The maximum atomic E-state index is 12.7. The molecule has 1 heterocycles. The summed E-state index contributed by atoms with van der Waals surface area (Å²) < 4.78 is 24.6. The second-order valence-corrected chi connectivity index (χ2v) is 9.79. The van der Waals surface area contributed by atoms with Crippen LogP contribution in [0, 0.1) is 0 Å². The highest BCUT2D eigenvalue weighted by molar-refractivity contribution is 7.88. The molecule has 1 aromatic carbocycles. The summed E-state index contributed by atoms with van der Waals surface area (Å²) >= 11 is 13.5. The third-order valence-electron chi connectivity index (χ3n) is 3.92. The van der Waals surface area contributed by atoms with Crippen LogP contribution < -0.4 is 4.72 Å². The Labute approximate surface area is 168 Å². The third-order valence-corrected chi connectivity index (χ3v) is 6.35. The minimum absolute atomic E-state index is 0.115. The van der Waals surface area contributed by atoms with Crippen LogP contribution in [0.15, 0.2) is 30.3 Å². The fourth-order valence-corrected chi connectivity index (χ4v) is 4.41. The molecule has 1 aromatic heterocycles. The summed E-state index contributed by atoms with van der Waals surface area (Å²) in [7, 11) is -1.48. The highest BCUT2D eigenvalue weighted by Crippen LogP contribution is 2.30. The first-order valence-electron chi connectivity index (χ1n) is 7.84. The second-order valence-electron chi connectivity index (χ2n) is 5.94. The number of thiophene rings is 1. The summed E-state index contributed by atoms with van der Waals surface area (Å²) in [6.07, 6.45) is 1.65. The Bertz CT molecular complexity index is 897. The molecule has 2 rings (SSSR count). The predicted octanol–water partition coefficient (Wildman–Crippen LogP) is 3.98. The van der Waals surface area contributed by atoms with Crippen molar-refractivity contribution in [3.63, 3.8) is 0 Å². The lowest BCUT2D eigenvalue weighted by Crippen LogP contribution is -2.29. The van der Waals surface area contributed by atoms with E-state index in [1.165, 1.54) is 11.3 Å². The molecule has 9 heteroatoms. The molecule has 0 aliphatic rings. The smallest absolute Gasteiger partial charge is 0.264 e. The average molecular weight is 435 g/mol. The van der Waals surface area contributed by atoms with E-state index >= 15 is 0 Å². The number of benzene rings is 1. The normalized spacial score (nSPS) is 12.8. The quantitative estimate of drug-likeness (QED) is 0.716. The fraction of sp³-hybridized carbons (Fsp3) is 0.353. The van der Waals surface area contributed by atoms with Crippen molar-refractivity contribution in [2.45, 2.75) is 19.4 Å². The van der Waals surface area contributed by atoms with Gasteiger partial charge in [-0.1, -0.05) is 29.3 Å². The van der Waals surface area contributed by atoms with E-state index in [-0.39, 0.29) is 11.9 Å². The molecule has 0 saturated heterocycles. The van der Waals surface area contributed by atoms with Crippen molar-refractivity contribution in [3.05, 3.63) is 55.7 Å². The van der Waals surface area contributed by atoms with Gasteiger partial charge in [-0.15, -0.1) is 11.3 Å². The Morgan fingerprint density at radius 1 is 1.27 bits per heavy atom. The van der Waals surface area contributed by atoms with Gasteiger partial charge in [0.15, 0.2) is 0 Å². The van der Waals surface area contributed by atoms with Crippen LogP contribution in [-0.4, -0.2) is 39.1 Å². The predicted molar refractivity (Wildman–Crippen MR) is 108 cm³/mol. The summed E-state index contributed by atoms with van der Waals surface area (Å²) in [5, 5.41) is 1.06. The van der Waals surface area contributed by atoms with E-state index < -0.39 is 10.0 Å². The summed E-state index contributed by atoms with van der Waals surface area (Å²) in [4.78, 5) is 15.9. The molecule has 1 atom stereocenters. The molecule has 0 radical (unpaired) electrons. The number of halogens is 2. The van der Waals surface area contributed by atoms with Gasteiger partial charge in [-0.3, -0.25) is 4.79 Å². The van der Waals surface area contributed by atoms with Gasteiger partial charge in [0.25, 0.3) is 5.91 Å². The first-order valence-corrected chi connectivity index (χ1v) is 11.3. The van der Waals surface area contributed by atoms with Crippen molar-refractivity contribution in [1.29, 1.82) is 0 Å². The lowest BCUT2D eigenvalue weighted by molar-refractivity contribution is 0.0747. The zero-order valence-corrected chi connectivity index (χ0v) is 17.8. The first-order chi connectivity index (χ1) is 12.1. The number of sulfonamides is 1. The SMILES string of the molecule is CC(c1ccc(Cl)cc1Cl)N(C)C(=O)c1ccc(CCNS(C)(=O)=O)s1. The van der Waals surface area contributed by atoms with Crippen LogP contribution in [0.2, 0.25) is 10.0 Å². The molecule has 1 unspecified atom stereocenters. The van der Waals surface area contributed by atoms with Crippen molar-refractivity contribution in [2.24, 2.45) is 0 Å². The topological polar surface area (TPSA) is 66.5 Å². The highest BCUT2D eigenvalue weighted by atomic mass is 35.5. The number of hydrogen-bond donors (Lipinski definition) is 1. The summed E-state index contributed by atoms with van der Waals surface area (Å²) in [5.41, 5.74) is 0.820. The first kappa shape index (κ1) is 21.2. The number of nitrogens with one attached hydrogen (secondary N) is 1. The molecule has 26 heavy (non-hydrogen) atoms. The minimum atomic E-state index is -3.21. The lowest BCUT2D eigenvalue weighted by atomic mass is 10.1. The van der Waals surface area contributed by atoms with Crippen LogP contribution in [0.1, 0.15) is 33.1 Å². The van der Waals surface area contributed by atoms with E-state index in [0.717, 1.165) is 16.7 Å². The van der Waals surface area contributed by atoms with Gasteiger partial charge in [0.2, 0.25) is 10.0 Å². The average Bonchev–Trinajstić information content (AvgIpc) is 3.00. The van der Waals surface area contributed by atoms with Crippen LogP contribution in [-0.2, 0) is 16.4 Å². The van der Waals surface area contributed by atoms with Gasteiger partial charge in [0.1, 0.15) is 0 Å². The Kier molecular flexibility index (Phi) is 7.10. The van der Waals surface area contributed by atoms with Crippen molar-refractivity contribution in [1.82, 2.24) is 9.62 Å². The largest absolute Gasteiger partial charge is 0.334 e. The fourth-order valence-electron chi connectivity index (χ4n) is 2.39. The van der Waals surface area contributed by atoms with Crippen molar-refractivity contribution >= 4 is 50.5 Å². The standard InChI is InChI=1S/C17H20Cl2N2O3S2/c1-11(14-6-4-12(18)10-15(14)19)21(2)17(22)16-7-5-13(25-16)8-9-20-26(3,23)24/h4-7,10-11,20H,8-9H2,1-3H3. The number of amides is 1. The maximum absolute atomic E-state index is 12.7. The van der Waals surface area contributed by atoms with Gasteiger partial charge in [0, 0.05) is 28.5 Å². The number of rotatable bonds is 7. The van der Waals surface area contributed by atoms with Crippen LogP contribution in [0.25, 0.3) is 0 Å². The summed E-state index contributed by atoms with van der Waals surface area (Å²) in [6.45, 7) is 2.21. The van der Waals surface area contributed by atoms with Crippen molar-refractivity contribution < 1.29 is 13.2 Å². The second kappa shape index (κ2) is 8.71. The third kappa shape index (κ3) is 5.69. The number of hydrogen-bond acceptors (Lipinski definition) is 4. The van der Waals surface area contributed by atoms with Gasteiger partial charge in [-0.25, -0.2) is 13.1 Å². The number of carbonyl (C=O) groups excluding carboxylic acids is 1. The van der Waals surface area contributed by atoms with Crippen molar-refractivity contribution in [3.8, 4) is 0 Å². The molecule has 2 aromatic rings. The summed E-state index contributed by atoms with van der Waals surface area (Å²) in [5.74, 6) is -0.115. The monoisotopic (exact) mass is 434 g/mol. The lowest BCUT2D eigenvalue weighted by Gasteiger charge is -2.25. The van der Waals surface area contributed by atoms with Gasteiger partial charge >= 0.3 is 0 Å². The van der Waals surface area contributed by atoms with E-state index in [1.54, 1.807) is 30.1 Å². The van der Waals surface area contributed by atoms with Crippen LogP contribution >= 0.6 is 34.5 Å². The van der Waals surface area contributed by atoms with Gasteiger partial charge in [-0.05, 0) is 43.2 Å². The molecular formula is C17H20Cl2N2O3S2. The molecule has 1 N–H and O–H groups in total. The molecule has 0 bridgehead atoms. The van der Waals surface area contributed by atoms with Crippen LogP contribution in [0.4, 0.5) is 0 Å². The van der Waals surface area contributed by atoms with Crippen LogP contribution in [0.5, 0.6) is 0 Å². The zero-order chi connectivity index (χ0) is 19.5. The minimum Gasteiger partial charge on any atom is -0.334 e. The van der Waals surface area contributed by atoms with Crippen LogP contribution in [0.3, 0.4) is 0 Å². The highest BCUT2D eigenvalue weighted by Gasteiger charge is 2.22. The Morgan fingerprint density at radius 2 is 1.96 bits per heavy atom. The number of nitrogens with zero attached hydrogens (tertiary/aromatic N) is 1. The van der Waals surface area contributed by atoms with E-state index in [0.29, 0.717) is 27.9 Å². The van der Waals surface area contributed by atoms with Gasteiger partial charge < -0.3 is 4.90 Å². The van der Waals surface area contributed by atoms with E-state index in [2.05, 4.69) is 4.72 Å². The van der Waals surface area contributed by atoms with Gasteiger partial charge in [0.05, 0.1) is 17.2 Å². The van der Waals surface area contributed by atoms with E-state index in [9.17, 15) is 13.2 Å². The zero-order valence-electron chi connectivity index (χ0n) is 14.6. The molecule has 0 fully saturated rings. The molecule has 1 amide bonds. The number of carbonyl (C=O) groups is 1. The van der Waals surface area contributed by atoms with E-state index in [4.69, 9.17) is 23.2 Å². The molecule has 0 aliphatic carbocycles. The maximum Gasteiger partial charge on any atom is 0.264 e.